The summed E-state index contributed by atoms with van der Waals surface area (Å²) in [4.78, 5) is 38.0. The van der Waals surface area contributed by atoms with Gasteiger partial charge in [-0.15, -0.1) is 0 Å². The fourth-order valence-electron chi connectivity index (χ4n) is 5.24. The minimum absolute atomic E-state index is 0.0163. The van der Waals surface area contributed by atoms with E-state index in [2.05, 4.69) is 29.6 Å². The number of ether oxygens (including phenoxy) is 1. The standard InChI is InChI=1S/C27H32N2O5/c1-17(25(30)29-15-13-19(18(29)2)26(31)32)8-7-14-28-27(33)34-16-24-22-11-5-3-9-20(22)21-10-4-6-12-23(21)24/h3-6,9-12,17-19,24H,7-8,13-16H2,1-2H3,(H,28,33)(H,31,32). The number of alkyl carbamates (subject to hydrolysis) is 1. The van der Waals surface area contributed by atoms with Crippen LogP contribution in [-0.4, -0.2) is 53.7 Å². The molecule has 3 atom stereocenters. The van der Waals surface area contributed by atoms with Gasteiger partial charge in [0.1, 0.15) is 6.61 Å². The van der Waals surface area contributed by atoms with Gasteiger partial charge in [-0.25, -0.2) is 4.79 Å². The van der Waals surface area contributed by atoms with Crippen LogP contribution >= 0.6 is 0 Å². The Hall–Kier alpha value is -3.35. The van der Waals surface area contributed by atoms with Gasteiger partial charge in [-0.1, -0.05) is 55.5 Å². The number of carbonyl (C=O) groups excluding carboxylic acids is 2. The van der Waals surface area contributed by atoms with E-state index in [1.807, 2.05) is 31.2 Å². The summed E-state index contributed by atoms with van der Waals surface area (Å²) in [5, 5.41) is 12.1. The molecule has 0 spiro atoms. The second-order valence-electron chi connectivity index (χ2n) is 9.30. The van der Waals surface area contributed by atoms with E-state index >= 15 is 0 Å². The van der Waals surface area contributed by atoms with Crippen molar-refractivity contribution in [3.63, 3.8) is 0 Å². The smallest absolute Gasteiger partial charge is 0.407 e. The Balaban J connectivity index is 1.21. The first-order valence-corrected chi connectivity index (χ1v) is 12.0. The fourth-order valence-corrected chi connectivity index (χ4v) is 5.24. The van der Waals surface area contributed by atoms with E-state index in [-0.39, 0.29) is 30.4 Å². The van der Waals surface area contributed by atoms with Crippen LogP contribution in [0.4, 0.5) is 4.79 Å². The van der Waals surface area contributed by atoms with Gasteiger partial charge in [0.2, 0.25) is 5.91 Å². The van der Waals surface area contributed by atoms with Crippen molar-refractivity contribution in [2.24, 2.45) is 11.8 Å². The summed E-state index contributed by atoms with van der Waals surface area (Å²) in [5.41, 5.74) is 4.72. The largest absolute Gasteiger partial charge is 0.481 e. The number of nitrogens with one attached hydrogen (secondary N) is 1. The van der Waals surface area contributed by atoms with Crippen LogP contribution in [0.25, 0.3) is 11.1 Å². The molecule has 1 saturated heterocycles. The van der Waals surface area contributed by atoms with Crippen LogP contribution in [0.2, 0.25) is 0 Å². The summed E-state index contributed by atoms with van der Waals surface area (Å²) in [6.45, 7) is 4.83. The second-order valence-corrected chi connectivity index (χ2v) is 9.30. The number of carbonyl (C=O) groups is 3. The summed E-state index contributed by atoms with van der Waals surface area (Å²) >= 11 is 0. The zero-order valence-corrected chi connectivity index (χ0v) is 19.7. The molecule has 1 aliphatic carbocycles. The van der Waals surface area contributed by atoms with E-state index in [9.17, 15) is 19.5 Å². The van der Waals surface area contributed by atoms with E-state index in [1.54, 1.807) is 11.8 Å². The molecular weight excluding hydrogens is 432 g/mol. The molecule has 4 rings (SSSR count). The summed E-state index contributed by atoms with van der Waals surface area (Å²) in [6.07, 6.45) is 1.29. The van der Waals surface area contributed by atoms with Gasteiger partial charge in [-0.2, -0.15) is 0 Å². The summed E-state index contributed by atoms with van der Waals surface area (Å²) in [7, 11) is 0. The molecule has 3 unspecified atom stereocenters. The molecule has 2 N–H and O–H groups in total. The Morgan fingerprint density at radius 2 is 1.71 bits per heavy atom. The minimum Gasteiger partial charge on any atom is -0.481 e. The van der Waals surface area contributed by atoms with Gasteiger partial charge in [0, 0.05) is 31.0 Å². The highest BCUT2D eigenvalue weighted by Crippen LogP contribution is 2.44. The van der Waals surface area contributed by atoms with Crippen molar-refractivity contribution in [1.29, 1.82) is 0 Å². The van der Waals surface area contributed by atoms with Gasteiger partial charge in [-0.05, 0) is 48.4 Å². The molecule has 0 saturated carbocycles. The number of nitrogens with zero attached hydrogens (tertiary/aromatic N) is 1. The molecule has 2 aromatic carbocycles. The molecule has 1 heterocycles. The second kappa shape index (κ2) is 10.3. The molecule has 0 radical (unpaired) electrons. The number of hydrogen-bond donors (Lipinski definition) is 2. The van der Waals surface area contributed by atoms with Crippen molar-refractivity contribution in [1.82, 2.24) is 10.2 Å². The lowest BCUT2D eigenvalue weighted by molar-refractivity contribution is -0.143. The number of rotatable bonds is 8. The number of fused-ring (bicyclic) bond motifs is 3. The molecular formula is C27H32N2O5. The monoisotopic (exact) mass is 464 g/mol. The van der Waals surface area contributed by atoms with E-state index in [1.165, 1.54) is 22.3 Å². The van der Waals surface area contributed by atoms with Crippen molar-refractivity contribution in [3.05, 3.63) is 59.7 Å². The highest BCUT2D eigenvalue weighted by molar-refractivity contribution is 5.81. The van der Waals surface area contributed by atoms with Crippen LogP contribution < -0.4 is 5.32 Å². The van der Waals surface area contributed by atoms with Crippen molar-refractivity contribution in [2.45, 2.75) is 45.1 Å². The van der Waals surface area contributed by atoms with Gasteiger partial charge in [0.25, 0.3) is 0 Å². The quantitative estimate of drug-likeness (QED) is 0.569. The zero-order chi connectivity index (χ0) is 24.2. The van der Waals surface area contributed by atoms with Crippen LogP contribution in [0, 0.1) is 11.8 Å². The number of aliphatic carboxylic acids is 1. The Morgan fingerprint density at radius 1 is 1.09 bits per heavy atom. The van der Waals surface area contributed by atoms with E-state index in [0.717, 1.165) is 0 Å². The maximum absolute atomic E-state index is 12.7. The predicted octanol–water partition coefficient (Wildman–Crippen LogP) is 4.26. The van der Waals surface area contributed by atoms with Crippen LogP contribution in [0.1, 0.15) is 50.2 Å². The van der Waals surface area contributed by atoms with Crippen molar-refractivity contribution in [2.75, 3.05) is 19.7 Å². The van der Waals surface area contributed by atoms with Crippen molar-refractivity contribution < 1.29 is 24.2 Å². The molecule has 0 bridgehead atoms. The number of benzene rings is 2. The average molecular weight is 465 g/mol. The SMILES string of the molecule is CC(CCCNC(=O)OCC1c2ccccc2-c2ccccc21)C(=O)N1CCC(C(=O)O)C1C. The molecule has 7 heteroatoms. The maximum atomic E-state index is 12.7. The molecule has 0 aromatic heterocycles. The van der Waals surface area contributed by atoms with Crippen molar-refractivity contribution >= 4 is 18.0 Å². The van der Waals surface area contributed by atoms with Gasteiger partial charge in [-0.3, -0.25) is 9.59 Å². The molecule has 1 aliphatic heterocycles. The Morgan fingerprint density at radius 3 is 2.29 bits per heavy atom. The minimum atomic E-state index is -0.845. The predicted molar refractivity (Wildman–Crippen MR) is 128 cm³/mol. The van der Waals surface area contributed by atoms with Crippen LogP contribution in [0.3, 0.4) is 0 Å². The van der Waals surface area contributed by atoms with Gasteiger partial charge in [0.15, 0.2) is 0 Å². The molecule has 180 valence electrons. The first kappa shape index (κ1) is 23.8. The van der Waals surface area contributed by atoms with Crippen LogP contribution in [-0.2, 0) is 14.3 Å². The number of likely N-dealkylation sites (tertiary alicyclic amines) is 1. The van der Waals surface area contributed by atoms with E-state index < -0.39 is 18.0 Å². The van der Waals surface area contributed by atoms with E-state index in [4.69, 9.17) is 4.74 Å². The lowest BCUT2D eigenvalue weighted by Crippen LogP contribution is -2.40. The third kappa shape index (κ3) is 4.79. The first-order valence-electron chi connectivity index (χ1n) is 12.0. The Labute approximate surface area is 200 Å². The molecule has 2 aliphatic rings. The lowest BCUT2D eigenvalue weighted by Gasteiger charge is -2.26. The number of carboxylic acids is 1. The Kier molecular flexibility index (Phi) is 7.20. The number of carboxylic acid groups (broad SMARTS) is 1. The number of hydrogen-bond acceptors (Lipinski definition) is 4. The summed E-state index contributed by atoms with van der Waals surface area (Å²) in [5.74, 6) is -1.56. The molecule has 34 heavy (non-hydrogen) atoms. The van der Waals surface area contributed by atoms with Gasteiger partial charge < -0.3 is 20.1 Å². The van der Waals surface area contributed by atoms with Crippen molar-refractivity contribution in [3.8, 4) is 11.1 Å². The average Bonchev–Trinajstić information content (AvgIpc) is 3.38. The fraction of sp³-hybridized carbons (Fsp3) is 0.444. The van der Waals surface area contributed by atoms with E-state index in [0.29, 0.717) is 32.4 Å². The Bertz CT molecular complexity index is 1020. The molecule has 1 fully saturated rings. The number of amides is 2. The first-order chi connectivity index (χ1) is 16.4. The topological polar surface area (TPSA) is 95.9 Å². The van der Waals surface area contributed by atoms with Crippen LogP contribution in [0.5, 0.6) is 0 Å². The maximum Gasteiger partial charge on any atom is 0.407 e. The normalized spacial score (nSPS) is 19.9. The third-order valence-corrected chi connectivity index (χ3v) is 7.20. The van der Waals surface area contributed by atoms with Crippen LogP contribution in [0.15, 0.2) is 48.5 Å². The molecule has 2 amide bonds. The van der Waals surface area contributed by atoms with Gasteiger partial charge in [0.05, 0.1) is 5.92 Å². The molecule has 2 aromatic rings. The van der Waals surface area contributed by atoms with Gasteiger partial charge >= 0.3 is 12.1 Å². The summed E-state index contributed by atoms with van der Waals surface area (Å²) in [6, 6.07) is 16.1. The molecule has 7 nitrogen and oxygen atoms in total. The summed E-state index contributed by atoms with van der Waals surface area (Å²) < 4.78 is 5.54. The highest BCUT2D eigenvalue weighted by atomic mass is 16.5. The third-order valence-electron chi connectivity index (χ3n) is 7.20. The lowest BCUT2D eigenvalue weighted by atomic mass is 9.98. The highest BCUT2D eigenvalue weighted by Gasteiger charge is 2.39. The zero-order valence-electron chi connectivity index (χ0n) is 19.7.